The lowest BCUT2D eigenvalue weighted by Crippen LogP contribution is -1.95. The van der Waals surface area contributed by atoms with Crippen molar-refractivity contribution in [1.29, 1.82) is 0 Å². The van der Waals surface area contributed by atoms with Crippen molar-refractivity contribution < 1.29 is 0 Å². The molecule has 0 aliphatic carbocycles. The fourth-order valence-electron chi connectivity index (χ4n) is 1.11. The second-order valence-electron chi connectivity index (χ2n) is 2.79. The summed E-state index contributed by atoms with van der Waals surface area (Å²) in [4.78, 5) is 8.16. The van der Waals surface area contributed by atoms with Crippen LogP contribution in [-0.4, -0.2) is 9.97 Å². The van der Waals surface area contributed by atoms with Crippen molar-refractivity contribution in [3.05, 3.63) is 41.6 Å². The number of hydrogen-bond donors (Lipinski definition) is 1. The highest BCUT2D eigenvalue weighted by Gasteiger charge is 2.03. The van der Waals surface area contributed by atoms with Gasteiger partial charge < -0.3 is 5.73 Å². The highest BCUT2D eigenvalue weighted by atomic mass is 35.5. The molecule has 0 atom stereocenters. The fourth-order valence-corrected chi connectivity index (χ4v) is 1.20. The number of nitrogens with two attached hydrogens (primary N) is 1. The Balaban J connectivity index is 2.48. The van der Waals surface area contributed by atoms with E-state index in [0.29, 0.717) is 16.7 Å². The van der Waals surface area contributed by atoms with Gasteiger partial charge in [-0.25, -0.2) is 9.97 Å². The van der Waals surface area contributed by atoms with Gasteiger partial charge in [-0.2, -0.15) is 0 Å². The number of anilines is 1. The van der Waals surface area contributed by atoms with Crippen LogP contribution in [-0.2, 0) is 0 Å². The Morgan fingerprint density at radius 2 is 1.86 bits per heavy atom. The van der Waals surface area contributed by atoms with Gasteiger partial charge in [0.05, 0.1) is 6.20 Å². The van der Waals surface area contributed by atoms with Gasteiger partial charge in [-0.05, 0) is 0 Å². The van der Waals surface area contributed by atoms with Crippen LogP contribution in [0.15, 0.2) is 36.5 Å². The van der Waals surface area contributed by atoms with E-state index in [2.05, 4.69) is 9.97 Å². The SMILES string of the molecule is Nc1nc(-c2ccccc2)ncc1Cl. The van der Waals surface area contributed by atoms with E-state index >= 15 is 0 Å². The number of nitrogens with zero attached hydrogens (tertiary/aromatic N) is 2. The summed E-state index contributed by atoms with van der Waals surface area (Å²) in [7, 11) is 0. The predicted molar refractivity (Wildman–Crippen MR) is 56.9 cm³/mol. The molecular weight excluding hydrogens is 198 g/mol. The zero-order valence-electron chi connectivity index (χ0n) is 7.31. The fraction of sp³-hybridized carbons (Fsp3) is 0. The summed E-state index contributed by atoms with van der Waals surface area (Å²) in [6.45, 7) is 0. The molecule has 1 heterocycles. The molecule has 70 valence electrons. The van der Waals surface area contributed by atoms with E-state index in [0.717, 1.165) is 5.56 Å². The Labute approximate surface area is 86.6 Å². The quantitative estimate of drug-likeness (QED) is 0.778. The van der Waals surface area contributed by atoms with Crippen LogP contribution in [0.4, 0.5) is 5.82 Å². The monoisotopic (exact) mass is 205 g/mol. The van der Waals surface area contributed by atoms with E-state index in [1.807, 2.05) is 30.3 Å². The molecule has 0 saturated carbocycles. The van der Waals surface area contributed by atoms with Crippen molar-refractivity contribution in [3.8, 4) is 11.4 Å². The molecule has 0 bridgehead atoms. The van der Waals surface area contributed by atoms with Crippen LogP contribution in [0, 0.1) is 0 Å². The molecule has 1 aromatic heterocycles. The maximum absolute atomic E-state index is 5.72. The molecular formula is C10H8ClN3. The summed E-state index contributed by atoms with van der Waals surface area (Å²) in [5.74, 6) is 0.896. The lowest BCUT2D eigenvalue weighted by atomic mass is 10.2. The number of hydrogen-bond acceptors (Lipinski definition) is 3. The first-order chi connectivity index (χ1) is 6.77. The second-order valence-corrected chi connectivity index (χ2v) is 3.20. The minimum Gasteiger partial charge on any atom is -0.382 e. The summed E-state index contributed by atoms with van der Waals surface area (Å²) >= 11 is 5.72. The Morgan fingerprint density at radius 3 is 2.50 bits per heavy atom. The Kier molecular flexibility index (Phi) is 2.33. The first kappa shape index (κ1) is 8.97. The lowest BCUT2D eigenvalue weighted by molar-refractivity contribution is 1.18. The zero-order valence-corrected chi connectivity index (χ0v) is 8.07. The molecule has 2 rings (SSSR count). The van der Waals surface area contributed by atoms with Gasteiger partial charge >= 0.3 is 0 Å². The van der Waals surface area contributed by atoms with Crippen LogP contribution in [0.25, 0.3) is 11.4 Å². The van der Waals surface area contributed by atoms with Gasteiger partial charge in [-0.3, -0.25) is 0 Å². The van der Waals surface area contributed by atoms with Crippen molar-refractivity contribution in [2.24, 2.45) is 0 Å². The average Bonchev–Trinajstić information content (AvgIpc) is 2.23. The van der Waals surface area contributed by atoms with Crippen molar-refractivity contribution in [2.75, 3.05) is 5.73 Å². The lowest BCUT2D eigenvalue weighted by Gasteiger charge is -2.01. The summed E-state index contributed by atoms with van der Waals surface area (Å²) in [6.07, 6.45) is 1.51. The molecule has 0 spiro atoms. The average molecular weight is 206 g/mol. The van der Waals surface area contributed by atoms with Gasteiger partial charge in [0, 0.05) is 5.56 Å². The van der Waals surface area contributed by atoms with Crippen LogP contribution in [0.5, 0.6) is 0 Å². The predicted octanol–water partition coefficient (Wildman–Crippen LogP) is 2.38. The van der Waals surface area contributed by atoms with Gasteiger partial charge in [0.15, 0.2) is 5.82 Å². The van der Waals surface area contributed by atoms with Crippen LogP contribution in [0.3, 0.4) is 0 Å². The van der Waals surface area contributed by atoms with Crippen LogP contribution in [0.2, 0.25) is 5.02 Å². The van der Waals surface area contributed by atoms with Crippen LogP contribution in [0.1, 0.15) is 0 Å². The number of benzene rings is 1. The maximum atomic E-state index is 5.72. The summed E-state index contributed by atoms with van der Waals surface area (Å²) in [5, 5.41) is 0.379. The first-order valence-electron chi connectivity index (χ1n) is 4.11. The first-order valence-corrected chi connectivity index (χ1v) is 4.48. The molecule has 0 saturated heterocycles. The van der Waals surface area contributed by atoms with Gasteiger partial charge in [-0.15, -0.1) is 0 Å². The third-order valence-corrected chi connectivity index (χ3v) is 2.09. The van der Waals surface area contributed by atoms with Crippen LogP contribution >= 0.6 is 11.6 Å². The standard InChI is InChI=1S/C10H8ClN3/c11-8-6-13-10(14-9(8)12)7-4-2-1-3-5-7/h1-6H,(H2,12,13,14). The maximum Gasteiger partial charge on any atom is 0.161 e. The van der Waals surface area contributed by atoms with Crippen molar-refractivity contribution >= 4 is 17.4 Å². The molecule has 0 radical (unpaired) electrons. The third-order valence-electron chi connectivity index (χ3n) is 1.80. The molecule has 3 nitrogen and oxygen atoms in total. The topological polar surface area (TPSA) is 51.8 Å². The summed E-state index contributed by atoms with van der Waals surface area (Å²) in [5.41, 5.74) is 6.50. The Hall–Kier alpha value is -1.61. The van der Waals surface area contributed by atoms with Gasteiger partial charge in [0.1, 0.15) is 10.8 Å². The number of rotatable bonds is 1. The summed E-state index contributed by atoms with van der Waals surface area (Å²) in [6, 6.07) is 9.61. The second kappa shape index (κ2) is 3.64. The van der Waals surface area contributed by atoms with Gasteiger partial charge in [-0.1, -0.05) is 41.9 Å². The molecule has 0 unspecified atom stereocenters. The molecule has 1 aromatic carbocycles. The van der Waals surface area contributed by atoms with Crippen LogP contribution < -0.4 is 5.73 Å². The normalized spacial score (nSPS) is 10.1. The van der Waals surface area contributed by atoms with Gasteiger partial charge in [0.25, 0.3) is 0 Å². The van der Waals surface area contributed by atoms with Gasteiger partial charge in [0.2, 0.25) is 0 Å². The van der Waals surface area contributed by atoms with E-state index in [1.54, 1.807) is 0 Å². The Morgan fingerprint density at radius 1 is 1.14 bits per heavy atom. The molecule has 0 amide bonds. The Bertz CT molecular complexity index is 442. The van der Waals surface area contributed by atoms with E-state index in [-0.39, 0.29) is 0 Å². The van der Waals surface area contributed by atoms with E-state index < -0.39 is 0 Å². The number of halogens is 1. The largest absolute Gasteiger partial charge is 0.382 e. The summed E-state index contributed by atoms with van der Waals surface area (Å²) < 4.78 is 0. The zero-order chi connectivity index (χ0) is 9.97. The van der Waals surface area contributed by atoms with Crippen molar-refractivity contribution in [1.82, 2.24) is 9.97 Å². The minimum absolute atomic E-state index is 0.306. The van der Waals surface area contributed by atoms with Crippen molar-refractivity contribution in [3.63, 3.8) is 0 Å². The molecule has 2 aromatic rings. The minimum atomic E-state index is 0.306. The van der Waals surface area contributed by atoms with E-state index in [9.17, 15) is 0 Å². The smallest absolute Gasteiger partial charge is 0.161 e. The molecule has 14 heavy (non-hydrogen) atoms. The van der Waals surface area contributed by atoms with E-state index in [1.165, 1.54) is 6.20 Å². The van der Waals surface area contributed by atoms with Crippen molar-refractivity contribution in [2.45, 2.75) is 0 Å². The highest BCUT2D eigenvalue weighted by molar-refractivity contribution is 6.32. The third kappa shape index (κ3) is 1.67. The number of nitrogen functional groups attached to an aromatic ring is 1. The molecule has 2 N–H and O–H groups in total. The molecule has 0 aliphatic heterocycles. The number of aromatic nitrogens is 2. The van der Waals surface area contributed by atoms with E-state index in [4.69, 9.17) is 17.3 Å². The molecule has 0 fully saturated rings. The highest BCUT2D eigenvalue weighted by Crippen LogP contribution is 2.19. The molecule has 0 aliphatic rings. The molecule has 4 heteroatoms.